The third-order valence-corrected chi connectivity index (χ3v) is 5.33. The van der Waals surface area contributed by atoms with Crippen molar-refractivity contribution in [1.82, 2.24) is 5.32 Å². The lowest BCUT2D eigenvalue weighted by molar-refractivity contribution is 0.351. The number of thioether (sulfide) groups is 1. The van der Waals surface area contributed by atoms with Crippen LogP contribution in [0.4, 0.5) is 0 Å². The summed E-state index contributed by atoms with van der Waals surface area (Å²) in [7, 11) is 3.37. The van der Waals surface area contributed by atoms with Crippen molar-refractivity contribution in [2.24, 2.45) is 5.92 Å². The molecule has 1 aromatic carbocycles. The molecule has 3 nitrogen and oxygen atoms in total. The average molecular weight is 309 g/mol. The summed E-state index contributed by atoms with van der Waals surface area (Å²) in [4.78, 5) is 1.25. The molecule has 1 unspecified atom stereocenters. The maximum atomic E-state index is 5.42. The van der Waals surface area contributed by atoms with Crippen LogP contribution in [0, 0.1) is 5.92 Å². The molecule has 0 spiro atoms. The monoisotopic (exact) mass is 309 g/mol. The Morgan fingerprint density at radius 2 is 1.81 bits per heavy atom. The van der Waals surface area contributed by atoms with Gasteiger partial charge in [0.25, 0.3) is 0 Å². The van der Waals surface area contributed by atoms with E-state index in [0.717, 1.165) is 24.0 Å². The summed E-state index contributed by atoms with van der Waals surface area (Å²) in [5, 5.41) is 3.69. The molecular weight excluding hydrogens is 282 g/mol. The van der Waals surface area contributed by atoms with Gasteiger partial charge < -0.3 is 14.8 Å². The van der Waals surface area contributed by atoms with Crippen LogP contribution in [0.5, 0.6) is 11.5 Å². The van der Waals surface area contributed by atoms with Crippen molar-refractivity contribution in [1.29, 1.82) is 0 Å². The molecular formula is C17H27NO2S. The van der Waals surface area contributed by atoms with Crippen molar-refractivity contribution in [2.45, 2.75) is 50.1 Å². The van der Waals surface area contributed by atoms with E-state index in [-0.39, 0.29) is 0 Å². The molecule has 0 aliphatic heterocycles. The Bertz CT molecular complexity index is 458. The number of ether oxygens (including phenoxy) is 2. The Kier molecular flexibility index (Phi) is 6.24. The fraction of sp³-hybridized carbons (Fsp3) is 0.647. The van der Waals surface area contributed by atoms with E-state index in [1.807, 2.05) is 0 Å². The highest BCUT2D eigenvalue weighted by molar-refractivity contribution is 7.98. The van der Waals surface area contributed by atoms with E-state index in [4.69, 9.17) is 9.47 Å². The highest BCUT2D eigenvalue weighted by Gasteiger charge is 2.21. The van der Waals surface area contributed by atoms with Crippen molar-refractivity contribution >= 4 is 11.8 Å². The molecule has 4 heteroatoms. The van der Waals surface area contributed by atoms with Gasteiger partial charge in [-0.25, -0.2) is 0 Å². The summed E-state index contributed by atoms with van der Waals surface area (Å²) >= 11 is 1.75. The average Bonchev–Trinajstić information content (AvgIpc) is 3.06. The molecule has 1 N–H and O–H groups in total. The zero-order valence-electron chi connectivity index (χ0n) is 13.6. The summed E-state index contributed by atoms with van der Waals surface area (Å²) in [5.41, 5.74) is 1.28. The van der Waals surface area contributed by atoms with Crippen molar-refractivity contribution in [2.75, 3.05) is 20.5 Å². The lowest BCUT2D eigenvalue weighted by atomic mass is 9.99. The predicted molar refractivity (Wildman–Crippen MR) is 89.6 cm³/mol. The Hall–Kier alpha value is -0.870. The second-order valence-corrected chi connectivity index (χ2v) is 6.58. The normalized spacial score (nSPS) is 17.0. The summed E-state index contributed by atoms with van der Waals surface area (Å²) in [6.07, 6.45) is 7.63. The van der Waals surface area contributed by atoms with E-state index >= 15 is 0 Å². The molecule has 1 aliphatic rings. The van der Waals surface area contributed by atoms with Gasteiger partial charge in [0.15, 0.2) is 11.5 Å². The van der Waals surface area contributed by atoms with E-state index in [9.17, 15) is 0 Å². The van der Waals surface area contributed by atoms with Gasteiger partial charge in [0.2, 0.25) is 0 Å². The minimum absolute atomic E-state index is 0.579. The van der Waals surface area contributed by atoms with E-state index in [0.29, 0.717) is 6.04 Å². The smallest absolute Gasteiger partial charge is 0.161 e. The van der Waals surface area contributed by atoms with Crippen molar-refractivity contribution in [3.05, 3.63) is 17.7 Å². The molecule has 0 heterocycles. The Morgan fingerprint density at radius 3 is 2.38 bits per heavy atom. The molecule has 1 saturated carbocycles. The van der Waals surface area contributed by atoms with Gasteiger partial charge in [0, 0.05) is 17.5 Å². The van der Waals surface area contributed by atoms with Crippen LogP contribution in [0.1, 0.15) is 38.2 Å². The van der Waals surface area contributed by atoms with Crippen LogP contribution in [0.15, 0.2) is 17.0 Å². The molecule has 1 fully saturated rings. The molecule has 0 bridgehead atoms. The Balaban J connectivity index is 2.07. The molecule has 0 aromatic heterocycles. The zero-order valence-corrected chi connectivity index (χ0v) is 14.4. The van der Waals surface area contributed by atoms with Gasteiger partial charge in [0.1, 0.15) is 0 Å². The first-order valence-electron chi connectivity index (χ1n) is 7.71. The number of benzene rings is 1. The zero-order chi connectivity index (χ0) is 15.2. The van der Waals surface area contributed by atoms with Gasteiger partial charge in [-0.15, -0.1) is 11.8 Å². The third kappa shape index (κ3) is 4.07. The molecule has 2 rings (SSSR count). The predicted octanol–water partition coefficient (Wildman–Crippen LogP) is 4.09. The lowest BCUT2D eigenvalue weighted by Gasteiger charge is -2.21. The summed E-state index contributed by atoms with van der Waals surface area (Å²) in [5.74, 6) is 2.44. The lowest BCUT2D eigenvalue weighted by Crippen LogP contribution is -2.31. The van der Waals surface area contributed by atoms with Gasteiger partial charge >= 0.3 is 0 Å². The second-order valence-electron chi connectivity index (χ2n) is 5.73. The van der Waals surface area contributed by atoms with Crippen LogP contribution in [0.25, 0.3) is 0 Å². The topological polar surface area (TPSA) is 30.5 Å². The fourth-order valence-corrected chi connectivity index (χ4v) is 3.74. The maximum Gasteiger partial charge on any atom is 0.161 e. The highest BCUT2D eigenvalue weighted by atomic mass is 32.2. The minimum atomic E-state index is 0.579. The van der Waals surface area contributed by atoms with Crippen molar-refractivity contribution in [3.8, 4) is 11.5 Å². The van der Waals surface area contributed by atoms with Gasteiger partial charge in [0.05, 0.1) is 14.2 Å². The minimum Gasteiger partial charge on any atom is -0.493 e. The first-order valence-corrected chi connectivity index (χ1v) is 8.94. The van der Waals surface area contributed by atoms with E-state index < -0.39 is 0 Å². The van der Waals surface area contributed by atoms with Crippen LogP contribution >= 0.6 is 11.8 Å². The second kappa shape index (κ2) is 7.95. The van der Waals surface area contributed by atoms with E-state index in [2.05, 4.69) is 30.6 Å². The third-order valence-electron chi connectivity index (χ3n) is 4.51. The molecule has 21 heavy (non-hydrogen) atoms. The number of hydrogen-bond donors (Lipinski definition) is 1. The first kappa shape index (κ1) is 16.5. The van der Waals surface area contributed by atoms with E-state index in [1.165, 1.54) is 36.1 Å². The van der Waals surface area contributed by atoms with E-state index in [1.54, 1.807) is 26.0 Å². The summed E-state index contributed by atoms with van der Waals surface area (Å²) < 4.78 is 10.8. The van der Waals surface area contributed by atoms with Crippen LogP contribution in [-0.4, -0.2) is 26.5 Å². The first-order chi connectivity index (χ1) is 10.2. The summed E-state index contributed by atoms with van der Waals surface area (Å²) in [6, 6.07) is 4.75. The largest absolute Gasteiger partial charge is 0.493 e. The molecule has 0 saturated heterocycles. The highest BCUT2D eigenvalue weighted by Crippen LogP contribution is 2.35. The number of rotatable bonds is 7. The van der Waals surface area contributed by atoms with Gasteiger partial charge in [-0.2, -0.15) is 0 Å². The maximum absolute atomic E-state index is 5.42. The SMILES string of the molecule is COc1cc(CNC(C)C2CCCC2)c(SC)cc1OC. The van der Waals surface area contributed by atoms with Gasteiger partial charge in [-0.1, -0.05) is 12.8 Å². The van der Waals surface area contributed by atoms with Crippen LogP contribution in [-0.2, 0) is 6.54 Å². The van der Waals surface area contributed by atoms with Crippen LogP contribution in [0.3, 0.4) is 0 Å². The molecule has 118 valence electrons. The number of hydrogen-bond acceptors (Lipinski definition) is 4. The summed E-state index contributed by atoms with van der Waals surface area (Å²) in [6.45, 7) is 3.20. The van der Waals surface area contributed by atoms with Crippen molar-refractivity contribution < 1.29 is 9.47 Å². The number of methoxy groups -OCH3 is 2. The Labute approximate surface area is 132 Å². The molecule has 1 aromatic rings. The fourth-order valence-electron chi connectivity index (χ4n) is 3.13. The molecule has 1 atom stereocenters. The Morgan fingerprint density at radius 1 is 1.19 bits per heavy atom. The van der Waals surface area contributed by atoms with Crippen LogP contribution in [0.2, 0.25) is 0 Å². The molecule has 0 amide bonds. The van der Waals surface area contributed by atoms with Gasteiger partial charge in [-0.3, -0.25) is 0 Å². The quantitative estimate of drug-likeness (QED) is 0.768. The van der Waals surface area contributed by atoms with Gasteiger partial charge in [-0.05, 0) is 49.6 Å². The standard InChI is InChI=1S/C17H27NO2S/c1-12(13-7-5-6-8-13)18-11-14-9-15(19-2)16(20-3)10-17(14)21-4/h9-10,12-13,18H,5-8,11H2,1-4H3. The van der Waals surface area contributed by atoms with Crippen molar-refractivity contribution in [3.63, 3.8) is 0 Å². The van der Waals surface area contributed by atoms with Crippen LogP contribution < -0.4 is 14.8 Å². The molecule has 0 radical (unpaired) electrons. The number of nitrogens with one attached hydrogen (secondary N) is 1. The molecule has 1 aliphatic carbocycles.